The van der Waals surface area contributed by atoms with Crippen LogP contribution in [-0.4, -0.2) is 35.9 Å². The number of rotatable bonds is 3. The number of nitro groups is 1. The predicted octanol–water partition coefficient (Wildman–Crippen LogP) is 2.90. The Hall–Kier alpha value is -2.11. The lowest BCUT2D eigenvalue weighted by Gasteiger charge is -2.38. The van der Waals surface area contributed by atoms with E-state index in [1.807, 2.05) is 0 Å². The highest BCUT2D eigenvalue weighted by molar-refractivity contribution is 5.99. The lowest BCUT2D eigenvalue weighted by atomic mass is 9.84. The normalized spacial score (nSPS) is 17.4. The zero-order chi connectivity index (χ0) is 15.6. The number of piperidine rings is 1. The van der Waals surface area contributed by atoms with Gasteiger partial charge in [-0.2, -0.15) is 0 Å². The molecule has 1 fully saturated rings. The summed E-state index contributed by atoms with van der Waals surface area (Å²) in [4.78, 5) is 25.1. The molecule has 0 spiro atoms. The number of carbonyl (C=O) groups excluding carboxylic acids is 1. The van der Waals surface area contributed by atoms with Crippen molar-refractivity contribution in [3.8, 4) is 0 Å². The number of anilines is 1. The molecule has 0 bridgehead atoms. The summed E-state index contributed by atoms with van der Waals surface area (Å²) in [5.74, 6) is -0.258. The maximum absolute atomic E-state index is 12.7. The summed E-state index contributed by atoms with van der Waals surface area (Å²) in [7, 11) is 1.72. The summed E-state index contributed by atoms with van der Waals surface area (Å²) in [6.07, 6.45) is 1.99. The lowest BCUT2D eigenvalue weighted by Crippen LogP contribution is -2.43. The van der Waals surface area contributed by atoms with Crippen molar-refractivity contribution in [1.29, 1.82) is 0 Å². The van der Waals surface area contributed by atoms with Crippen LogP contribution in [0.15, 0.2) is 18.2 Å². The number of benzene rings is 1. The Labute approximate surface area is 124 Å². The minimum Gasteiger partial charge on any atom is -0.388 e. The van der Waals surface area contributed by atoms with Crippen LogP contribution in [0.25, 0.3) is 0 Å². The van der Waals surface area contributed by atoms with Gasteiger partial charge in [-0.25, -0.2) is 0 Å². The van der Waals surface area contributed by atoms with E-state index in [9.17, 15) is 14.9 Å². The number of likely N-dealkylation sites (tertiary alicyclic amines) is 1. The molecule has 114 valence electrons. The standard InChI is InChI=1S/C15H21N3O3/c1-15(2)7-4-8-17(10-15)14(19)12-9-11(16-3)5-6-13(12)18(20)21/h5-6,9,16H,4,7-8,10H2,1-3H3. The molecule has 1 heterocycles. The third-order valence-corrected chi connectivity index (χ3v) is 3.90. The molecule has 1 N–H and O–H groups in total. The van der Waals surface area contributed by atoms with Crippen molar-refractivity contribution in [2.24, 2.45) is 5.41 Å². The minimum absolute atomic E-state index is 0.0588. The number of nitrogens with zero attached hydrogens (tertiary/aromatic N) is 2. The van der Waals surface area contributed by atoms with Crippen molar-refractivity contribution in [2.45, 2.75) is 26.7 Å². The van der Waals surface area contributed by atoms with Gasteiger partial charge in [-0.1, -0.05) is 13.8 Å². The fourth-order valence-electron chi connectivity index (χ4n) is 2.79. The summed E-state index contributed by atoms with van der Waals surface area (Å²) in [6, 6.07) is 4.55. The van der Waals surface area contributed by atoms with Crippen LogP contribution in [0.3, 0.4) is 0 Å². The first kappa shape index (κ1) is 15.3. The first-order valence-corrected chi connectivity index (χ1v) is 7.09. The molecule has 1 aromatic rings. The molecule has 2 rings (SSSR count). The number of hydrogen-bond donors (Lipinski definition) is 1. The van der Waals surface area contributed by atoms with Crippen LogP contribution in [0, 0.1) is 15.5 Å². The predicted molar refractivity (Wildman–Crippen MR) is 81.6 cm³/mol. The maximum Gasteiger partial charge on any atom is 0.282 e. The first-order valence-electron chi connectivity index (χ1n) is 7.09. The fraction of sp³-hybridized carbons (Fsp3) is 0.533. The molecule has 1 saturated heterocycles. The molecule has 0 radical (unpaired) electrons. The SMILES string of the molecule is CNc1ccc([N+](=O)[O-])c(C(=O)N2CCCC(C)(C)C2)c1. The van der Waals surface area contributed by atoms with Crippen molar-refractivity contribution in [1.82, 2.24) is 4.90 Å². The van der Waals surface area contributed by atoms with E-state index in [0.717, 1.165) is 12.8 Å². The fourth-order valence-corrected chi connectivity index (χ4v) is 2.79. The molecular weight excluding hydrogens is 270 g/mol. The van der Waals surface area contributed by atoms with E-state index in [2.05, 4.69) is 19.2 Å². The van der Waals surface area contributed by atoms with Crippen LogP contribution in [0.2, 0.25) is 0 Å². The second-order valence-corrected chi connectivity index (χ2v) is 6.23. The smallest absolute Gasteiger partial charge is 0.282 e. The van der Waals surface area contributed by atoms with E-state index < -0.39 is 4.92 Å². The van der Waals surface area contributed by atoms with Crippen LogP contribution in [0.1, 0.15) is 37.0 Å². The molecule has 1 aliphatic rings. The lowest BCUT2D eigenvalue weighted by molar-refractivity contribution is -0.385. The summed E-state index contributed by atoms with van der Waals surface area (Å²) >= 11 is 0. The first-order chi connectivity index (χ1) is 9.84. The summed E-state index contributed by atoms with van der Waals surface area (Å²) in [5.41, 5.74) is 0.774. The van der Waals surface area contributed by atoms with Crippen molar-refractivity contribution < 1.29 is 9.72 Å². The average molecular weight is 291 g/mol. The topological polar surface area (TPSA) is 75.5 Å². The number of carbonyl (C=O) groups is 1. The van der Waals surface area contributed by atoms with Gasteiger partial charge in [-0.05, 0) is 30.4 Å². The third-order valence-electron chi connectivity index (χ3n) is 3.90. The van der Waals surface area contributed by atoms with Gasteiger partial charge in [0.2, 0.25) is 0 Å². The maximum atomic E-state index is 12.7. The number of hydrogen-bond acceptors (Lipinski definition) is 4. The highest BCUT2D eigenvalue weighted by Crippen LogP contribution is 2.31. The molecule has 1 aliphatic heterocycles. The highest BCUT2D eigenvalue weighted by Gasteiger charge is 2.32. The molecule has 0 saturated carbocycles. The molecule has 6 nitrogen and oxygen atoms in total. The highest BCUT2D eigenvalue weighted by atomic mass is 16.6. The van der Waals surface area contributed by atoms with Gasteiger partial charge in [-0.15, -0.1) is 0 Å². The molecule has 0 aliphatic carbocycles. The molecule has 0 aromatic heterocycles. The van der Waals surface area contributed by atoms with Gasteiger partial charge in [0, 0.05) is 31.9 Å². The number of amides is 1. The Bertz CT molecular complexity index is 569. The van der Waals surface area contributed by atoms with E-state index in [1.54, 1.807) is 24.1 Å². The second kappa shape index (κ2) is 5.71. The van der Waals surface area contributed by atoms with Crippen LogP contribution in [0.5, 0.6) is 0 Å². The largest absolute Gasteiger partial charge is 0.388 e. The molecular formula is C15H21N3O3. The molecule has 21 heavy (non-hydrogen) atoms. The van der Waals surface area contributed by atoms with Gasteiger partial charge in [-0.3, -0.25) is 14.9 Å². The third kappa shape index (κ3) is 3.32. The summed E-state index contributed by atoms with van der Waals surface area (Å²) in [5, 5.41) is 14.1. The van der Waals surface area contributed by atoms with Gasteiger partial charge in [0.25, 0.3) is 11.6 Å². The van der Waals surface area contributed by atoms with Crippen molar-refractivity contribution >= 4 is 17.3 Å². The van der Waals surface area contributed by atoms with Gasteiger partial charge >= 0.3 is 0 Å². The van der Waals surface area contributed by atoms with Crippen LogP contribution in [-0.2, 0) is 0 Å². The monoisotopic (exact) mass is 291 g/mol. The molecule has 1 aromatic carbocycles. The van der Waals surface area contributed by atoms with E-state index in [-0.39, 0.29) is 22.6 Å². The molecule has 6 heteroatoms. The van der Waals surface area contributed by atoms with Crippen molar-refractivity contribution in [3.05, 3.63) is 33.9 Å². The molecule has 1 amide bonds. The second-order valence-electron chi connectivity index (χ2n) is 6.23. The molecule has 0 atom stereocenters. The van der Waals surface area contributed by atoms with Crippen LogP contribution in [0.4, 0.5) is 11.4 Å². The van der Waals surface area contributed by atoms with Gasteiger partial charge in [0.15, 0.2) is 0 Å². The van der Waals surface area contributed by atoms with Crippen LogP contribution >= 0.6 is 0 Å². The van der Waals surface area contributed by atoms with Gasteiger partial charge in [0.1, 0.15) is 5.56 Å². The van der Waals surface area contributed by atoms with E-state index >= 15 is 0 Å². The van der Waals surface area contributed by atoms with Crippen LogP contribution < -0.4 is 5.32 Å². The number of nitro benzene ring substituents is 1. The Morgan fingerprint density at radius 1 is 1.43 bits per heavy atom. The Kier molecular flexibility index (Phi) is 4.16. The van der Waals surface area contributed by atoms with Crippen molar-refractivity contribution in [2.75, 3.05) is 25.5 Å². The zero-order valence-electron chi connectivity index (χ0n) is 12.7. The zero-order valence-corrected chi connectivity index (χ0v) is 12.7. The minimum atomic E-state index is -0.498. The van der Waals surface area contributed by atoms with Crippen molar-refractivity contribution in [3.63, 3.8) is 0 Å². The summed E-state index contributed by atoms with van der Waals surface area (Å²) in [6.45, 7) is 5.52. The van der Waals surface area contributed by atoms with E-state index in [0.29, 0.717) is 18.8 Å². The Morgan fingerprint density at radius 2 is 2.14 bits per heavy atom. The average Bonchev–Trinajstić information content (AvgIpc) is 2.44. The van der Waals surface area contributed by atoms with E-state index in [1.165, 1.54) is 6.07 Å². The van der Waals surface area contributed by atoms with E-state index in [4.69, 9.17) is 0 Å². The number of nitrogens with one attached hydrogen (secondary N) is 1. The Morgan fingerprint density at radius 3 is 2.71 bits per heavy atom. The van der Waals surface area contributed by atoms with Gasteiger partial charge in [0.05, 0.1) is 4.92 Å². The quantitative estimate of drug-likeness (QED) is 0.686. The molecule has 0 unspecified atom stereocenters. The van der Waals surface area contributed by atoms with Gasteiger partial charge < -0.3 is 10.2 Å². The Balaban J connectivity index is 2.35. The summed E-state index contributed by atoms with van der Waals surface area (Å²) < 4.78 is 0.